The Balaban J connectivity index is 1.64. The van der Waals surface area contributed by atoms with Crippen LogP contribution in [0.5, 0.6) is 0 Å². The molecule has 20 heavy (non-hydrogen) atoms. The molecule has 1 heterocycles. The molecule has 1 aliphatic heterocycles. The van der Waals surface area contributed by atoms with E-state index in [2.05, 4.69) is 12.1 Å². The Hall–Kier alpha value is -1.75. The molecule has 0 atom stereocenters. The molecule has 1 aliphatic rings. The van der Waals surface area contributed by atoms with E-state index in [1.54, 1.807) is 6.20 Å². The lowest BCUT2D eigenvalue weighted by molar-refractivity contribution is -0.147. The number of carbonyl (C=O) groups is 2. The maximum Gasteiger partial charge on any atom is 0.326 e. The highest BCUT2D eigenvalue weighted by Crippen LogP contribution is 2.12. The van der Waals surface area contributed by atoms with Crippen LogP contribution >= 0.6 is 11.8 Å². The minimum atomic E-state index is -0.358. The van der Waals surface area contributed by atoms with Gasteiger partial charge in [0.25, 0.3) is 0 Å². The molecule has 0 fully saturated rings. The van der Waals surface area contributed by atoms with E-state index >= 15 is 0 Å². The van der Waals surface area contributed by atoms with Gasteiger partial charge in [0.05, 0.1) is 12.4 Å². The highest BCUT2D eigenvalue weighted by atomic mass is 32.2. The van der Waals surface area contributed by atoms with Crippen LogP contribution in [-0.4, -0.2) is 35.7 Å². The van der Waals surface area contributed by atoms with Crippen molar-refractivity contribution in [1.29, 1.82) is 0 Å². The molecular weight excluding hydrogens is 274 g/mol. The molecule has 0 unspecified atom stereocenters. The molecule has 0 aromatic heterocycles. The largest absolute Gasteiger partial charge is 0.464 e. The Bertz CT molecular complexity index is 487. The summed E-state index contributed by atoms with van der Waals surface area (Å²) in [5.41, 5.74) is 1.23. The van der Waals surface area contributed by atoms with Gasteiger partial charge in [-0.15, -0.1) is 11.8 Å². The number of thioether (sulfide) groups is 1. The van der Waals surface area contributed by atoms with Gasteiger partial charge in [0.2, 0.25) is 5.91 Å². The number of benzene rings is 1. The molecule has 1 amide bonds. The van der Waals surface area contributed by atoms with Crippen molar-refractivity contribution in [2.75, 3.05) is 18.9 Å². The predicted molar refractivity (Wildman–Crippen MR) is 79.0 cm³/mol. The van der Waals surface area contributed by atoms with Gasteiger partial charge in [-0.3, -0.25) is 9.59 Å². The van der Waals surface area contributed by atoms with Gasteiger partial charge in [-0.2, -0.15) is 0 Å². The number of esters is 1. The summed E-state index contributed by atoms with van der Waals surface area (Å²) < 4.78 is 5.14. The Morgan fingerprint density at radius 1 is 1.30 bits per heavy atom. The second kappa shape index (κ2) is 7.75. The van der Waals surface area contributed by atoms with E-state index < -0.39 is 0 Å². The first-order valence-electron chi connectivity index (χ1n) is 6.53. The number of amides is 1. The number of rotatable bonds is 6. The molecule has 0 bridgehead atoms. The van der Waals surface area contributed by atoms with Gasteiger partial charge in [-0.25, -0.2) is 0 Å². The summed E-state index contributed by atoms with van der Waals surface area (Å²) in [6.07, 6.45) is 3.30. The van der Waals surface area contributed by atoms with Crippen LogP contribution in [0.3, 0.4) is 0 Å². The zero-order valence-corrected chi connectivity index (χ0v) is 12.0. The molecule has 0 radical (unpaired) electrons. The second-order valence-corrected chi connectivity index (χ2v) is 5.32. The summed E-state index contributed by atoms with van der Waals surface area (Å²) in [4.78, 5) is 24.5. The van der Waals surface area contributed by atoms with Crippen LogP contribution in [0.1, 0.15) is 12.0 Å². The van der Waals surface area contributed by atoms with Gasteiger partial charge in [0.1, 0.15) is 6.54 Å². The second-order valence-electron chi connectivity index (χ2n) is 4.43. The Labute approximate surface area is 122 Å². The van der Waals surface area contributed by atoms with Crippen molar-refractivity contribution in [2.24, 2.45) is 0 Å². The van der Waals surface area contributed by atoms with E-state index in [0.717, 1.165) is 12.8 Å². The zero-order chi connectivity index (χ0) is 14.2. The lowest BCUT2D eigenvalue weighted by atomic mass is 10.1. The van der Waals surface area contributed by atoms with Crippen LogP contribution in [0.15, 0.2) is 41.9 Å². The summed E-state index contributed by atoms with van der Waals surface area (Å²) in [5, 5.41) is 1.81. The van der Waals surface area contributed by atoms with E-state index in [-0.39, 0.29) is 18.4 Å². The molecule has 106 valence electrons. The average molecular weight is 291 g/mol. The third kappa shape index (κ3) is 4.74. The van der Waals surface area contributed by atoms with Gasteiger partial charge in [0, 0.05) is 6.20 Å². The standard InChI is InChI=1S/C15H17NO3S/c17-14-12-20-10-8-16(14)11-15(18)19-9-4-7-13-5-2-1-3-6-13/h1-3,5-6,8,10H,4,7,9,11-12H2. The summed E-state index contributed by atoms with van der Waals surface area (Å²) >= 11 is 1.43. The van der Waals surface area contributed by atoms with Crippen LogP contribution in [0, 0.1) is 0 Å². The predicted octanol–water partition coefficient (Wildman–Crippen LogP) is 2.21. The first-order valence-corrected chi connectivity index (χ1v) is 7.58. The molecule has 0 N–H and O–H groups in total. The van der Waals surface area contributed by atoms with Crippen molar-refractivity contribution in [1.82, 2.24) is 4.90 Å². The van der Waals surface area contributed by atoms with Crippen molar-refractivity contribution >= 4 is 23.6 Å². The Kier molecular flexibility index (Phi) is 5.68. The van der Waals surface area contributed by atoms with Crippen molar-refractivity contribution in [2.45, 2.75) is 12.8 Å². The normalized spacial score (nSPS) is 14.4. The quantitative estimate of drug-likeness (QED) is 0.595. The Morgan fingerprint density at radius 2 is 2.10 bits per heavy atom. The summed E-state index contributed by atoms with van der Waals surface area (Å²) in [7, 11) is 0. The van der Waals surface area contributed by atoms with Crippen molar-refractivity contribution < 1.29 is 14.3 Å². The third-order valence-corrected chi connectivity index (χ3v) is 3.61. The lowest BCUT2D eigenvalue weighted by Crippen LogP contribution is -2.34. The first kappa shape index (κ1) is 14.7. The van der Waals surface area contributed by atoms with Crippen molar-refractivity contribution in [3.8, 4) is 0 Å². The maximum atomic E-state index is 11.6. The van der Waals surface area contributed by atoms with E-state index in [0.29, 0.717) is 12.4 Å². The molecule has 1 aromatic rings. The Morgan fingerprint density at radius 3 is 2.85 bits per heavy atom. The minimum Gasteiger partial charge on any atom is -0.464 e. The van der Waals surface area contributed by atoms with Gasteiger partial charge in [-0.1, -0.05) is 30.3 Å². The average Bonchev–Trinajstić information content (AvgIpc) is 2.47. The van der Waals surface area contributed by atoms with Crippen LogP contribution in [0.2, 0.25) is 0 Å². The number of hydrogen-bond acceptors (Lipinski definition) is 4. The molecule has 0 spiro atoms. The van der Waals surface area contributed by atoms with E-state index in [4.69, 9.17) is 4.74 Å². The highest BCUT2D eigenvalue weighted by molar-refractivity contribution is 8.02. The molecule has 4 nitrogen and oxygen atoms in total. The SMILES string of the molecule is O=C(CN1C=CSCC1=O)OCCCc1ccccc1. The first-order chi connectivity index (χ1) is 9.75. The summed E-state index contributed by atoms with van der Waals surface area (Å²) in [5.74, 6) is -0.0284. The summed E-state index contributed by atoms with van der Waals surface area (Å²) in [6, 6.07) is 10.1. The number of nitrogens with zero attached hydrogens (tertiary/aromatic N) is 1. The smallest absolute Gasteiger partial charge is 0.326 e. The van der Waals surface area contributed by atoms with E-state index in [9.17, 15) is 9.59 Å². The molecular formula is C15H17NO3S. The topological polar surface area (TPSA) is 46.6 Å². The van der Waals surface area contributed by atoms with Gasteiger partial charge >= 0.3 is 5.97 Å². The number of aryl methyl sites for hydroxylation is 1. The van der Waals surface area contributed by atoms with Crippen LogP contribution in [0.25, 0.3) is 0 Å². The number of carbonyl (C=O) groups excluding carboxylic acids is 2. The fourth-order valence-corrected chi connectivity index (χ4v) is 2.47. The number of hydrogen-bond donors (Lipinski definition) is 0. The zero-order valence-electron chi connectivity index (χ0n) is 11.2. The molecule has 0 saturated carbocycles. The van der Waals surface area contributed by atoms with Gasteiger partial charge in [-0.05, 0) is 23.8 Å². The van der Waals surface area contributed by atoms with E-state index in [1.807, 2.05) is 23.6 Å². The van der Waals surface area contributed by atoms with Crippen molar-refractivity contribution in [3.05, 3.63) is 47.5 Å². The van der Waals surface area contributed by atoms with Crippen LogP contribution < -0.4 is 0 Å². The molecule has 1 aromatic carbocycles. The fourth-order valence-electron chi connectivity index (χ4n) is 1.83. The lowest BCUT2D eigenvalue weighted by Gasteiger charge is -2.19. The maximum absolute atomic E-state index is 11.6. The molecule has 0 saturated heterocycles. The molecule has 0 aliphatic carbocycles. The fraction of sp³-hybridized carbons (Fsp3) is 0.333. The van der Waals surface area contributed by atoms with Crippen LogP contribution in [0.4, 0.5) is 0 Å². The number of ether oxygens (including phenoxy) is 1. The molecule has 5 heteroatoms. The molecule has 2 rings (SSSR count). The highest BCUT2D eigenvalue weighted by Gasteiger charge is 2.17. The monoisotopic (exact) mass is 291 g/mol. The van der Waals surface area contributed by atoms with Crippen LogP contribution in [-0.2, 0) is 20.7 Å². The van der Waals surface area contributed by atoms with E-state index in [1.165, 1.54) is 22.2 Å². The van der Waals surface area contributed by atoms with Gasteiger partial charge in [0.15, 0.2) is 0 Å². The van der Waals surface area contributed by atoms with Crippen molar-refractivity contribution in [3.63, 3.8) is 0 Å². The third-order valence-electron chi connectivity index (χ3n) is 2.88. The summed E-state index contributed by atoms with van der Waals surface area (Å²) in [6.45, 7) is 0.384. The minimum absolute atomic E-state index is 0.00122. The van der Waals surface area contributed by atoms with Gasteiger partial charge < -0.3 is 9.64 Å².